The molecular weight excluding hydrogens is 402 g/mol. The molecule has 0 aliphatic heterocycles. The third-order valence-electron chi connectivity index (χ3n) is 4.92. The highest BCUT2D eigenvalue weighted by Gasteiger charge is 2.15. The van der Waals surface area contributed by atoms with E-state index < -0.39 is 6.10 Å². The number of aryl methyl sites for hydroxylation is 2. The molecule has 1 N–H and O–H groups in total. The Balaban J connectivity index is 1.76. The Bertz CT molecular complexity index is 998. The van der Waals surface area contributed by atoms with Crippen molar-refractivity contribution in [2.24, 2.45) is 4.99 Å². The molecule has 0 saturated carbocycles. The highest BCUT2D eigenvalue weighted by atomic mass is 35.5. The summed E-state index contributed by atoms with van der Waals surface area (Å²) in [6, 6.07) is 11.5. The van der Waals surface area contributed by atoms with Gasteiger partial charge in [-0.25, -0.2) is 9.98 Å². The van der Waals surface area contributed by atoms with E-state index in [0.29, 0.717) is 10.7 Å². The van der Waals surface area contributed by atoms with Crippen LogP contribution in [0.15, 0.2) is 46.8 Å². The predicted octanol–water partition coefficient (Wildman–Crippen LogP) is 5.70. The molecular formula is C23H26ClN3OS. The molecule has 0 bridgehead atoms. The van der Waals surface area contributed by atoms with Gasteiger partial charge in [0.15, 0.2) is 0 Å². The second-order valence-electron chi connectivity index (χ2n) is 7.18. The van der Waals surface area contributed by atoms with Gasteiger partial charge in [-0.2, -0.15) is 0 Å². The largest absolute Gasteiger partial charge is 0.382 e. The molecule has 0 saturated heterocycles. The number of hydrogen-bond donors (Lipinski definition) is 1. The van der Waals surface area contributed by atoms with Crippen molar-refractivity contribution in [1.82, 2.24) is 9.88 Å². The normalized spacial score (nSPS) is 12.5. The molecule has 0 fully saturated rings. The maximum absolute atomic E-state index is 10.6. The summed E-state index contributed by atoms with van der Waals surface area (Å²) >= 11 is 7.50. The molecule has 0 aliphatic carbocycles. The predicted molar refractivity (Wildman–Crippen MR) is 123 cm³/mol. The van der Waals surface area contributed by atoms with Gasteiger partial charge in [0.1, 0.15) is 6.10 Å². The van der Waals surface area contributed by atoms with Gasteiger partial charge in [-0.3, -0.25) is 0 Å². The summed E-state index contributed by atoms with van der Waals surface area (Å²) in [6.07, 6.45) is 1.86. The Labute approximate surface area is 181 Å². The van der Waals surface area contributed by atoms with Crippen molar-refractivity contribution in [2.45, 2.75) is 33.3 Å². The smallest absolute Gasteiger partial charge is 0.122 e. The molecule has 1 aromatic heterocycles. The summed E-state index contributed by atoms with van der Waals surface area (Å²) in [4.78, 5) is 11.3. The quantitative estimate of drug-likeness (QED) is 0.388. The van der Waals surface area contributed by atoms with Crippen LogP contribution in [0.5, 0.6) is 0 Å². The van der Waals surface area contributed by atoms with Gasteiger partial charge in [0.05, 0.1) is 22.7 Å². The van der Waals surface area contributed by atoms with Crippen LogP contribution in [0.1, 0.15) is 46.0 Å². The van der Waals surface area contributed by atoms with Crippen molar-refractivity contribution >= 4 is 35.0 Å². The lowest BCUT2D eigenvalue weighted by Gasteiger charge is -2.11. The number of hydrogen-bond acceptors (Lipinski definition) is 4. The van der Waals surface area contributed by atoms with Crippen LogP contribution in [0.25, 0.3) is 0 Å². The summed E-state index contributed by atoms with van der Waals surface area (Å²) in [5, 5.41) is 14.2. The number of benzene rings is 2. The second-order valence-corrected chi connectivity index (χ2v) is 8.56. The van der Waals surface area contributed by atoms with Crippen LogP contribution in [0.4, 0.5) is 5.69 Å². The summed E-state index contributed by atoms with van der Waals surface area (Å²) in [7, 11) is 2.01. The van der Waals surface area contributed by atoms with Crippen LogP contribution in [0.2, 0.25) is 5.02 Å². The van der Waals surface area contributed by atoms with Crippen LogP contribution in [0, 0.1) is 13.8 Å². The first-order valence-corrected chi connectivity index (χ1v) is 10.9. The maximum Gasteiger partial charge on any atom is 0.122 e. The standard InChI is InChI=1S/C23H26ClN3OS/c1-5-27(4)14-25-20-11-15(2)18(10-16(20)3)12-22-26-21(13-29-22)23(28)17-6-8-19(24)9-7-17/h6-11,13-14,23,28H,5,12H2,1-4H3. The minimum atomic E-state index is -0.743. The number of aromatic nitrogens is 1. The van der Waals surface area contributed by atoms with Crippen molar-refractivity contribution in [3.05, 3.63) is 79.8 Å². The number of aliphatic hydroxyl groups excluding tert-OH is 1. The second kappa shape index (κ2) is 9.53. The Kier molecular flexibility index (Phi) is 7.06. The molecule has 3 aromatic rings. The minimum absolute atomic E-state index is 0.653. The minimum Gasteiger partial charge on any atom is -0.382 e. The SMILES string of the molecule is CCN(C)C=Nc1cc(C)c(Cc2nc(C(O)c3ccc(Cl)cc3)cs2)cc1C. The number of thiazole rings is 1. The van der Waals surface area contributed by atoms with Crippen molar-refractivity contribution in [1.29, 1.82) is 0 Å². The van der Waals surface area contributed by atoms with Gasteiger partial charge < -0.3 is 10.0 Å². The van der Waals surface area contributed by atoms with Gasteiger partial charge >= 0.3 is 0 Å². The van der Waals surface area contributed by atoms with Gasteiger partial charge in [-0.05, 0) is 61.2 Å². The molecule has 0 aliphatic rings. The van der Waals surface area contributed by atoms with E-state index in [-0.39, 0.29) is 0 Å². The third kappa shape index (κ3) is 5.44. The van der Waals surface area contributed by atoms with Gasteiger partial charge in [-0.15, -0.1) is 11.3 Å². The van der Waals surface area contributed by atoms with E-state index in [9.17, 15) is 5.11 Å². The molecule has 3 rings (SSSR count). The molecule has 0 amide bonds. The van der Waals surface area contributed by atoms with Crippen molar-refractivity contribution in [2.75, 3.05) is 13.6 Å². The van der Waals surface area contributed by atoms with Crippen molar-refractivity contribution < 1.29 is 5.11 Å². The van der Waals surface area contributed by atoms with Crippen LogP contribution < -0.4 is 0 Å². The van der Waals surface area contributed by atoms with Crippen LogP contribution in [0.3, 0.4) is 0 Å². The lowest BCUT2D eigenvalue weighted by molar-refractivity contribution is 0.216. The molecule has 0 spiro atoms. The fraction of sp³-hybridized carbons (Fsp3) is 0.304. The summed E-state index contributed by atoms with van der Waals surface area (Å²) < 4.78 is 0. The highest BCUT2D eigenvalue weighted by Crippen LogP contribution is 2.28. The Morgan fingerprint density at radius 1 is 1.21 bits per heavy atom. The fourth-order valence-electron chi connectivity index (χ4n) is 2.94. The molecule has 1 unspecified atom stereocenters. The molecule has 1 atom stereocenters. The Morgan fingerprint density at radius 2 is 1.93 bits per heavy atom. The van der Waals surface area contributed by atoms with E-state index in [4.69, 9.17) is 11.6 Å². The lowest BCUT2D eigenvalue weighted by atomic mass is 10.0. The van der Waals surface area contributed by atoms with Crippen molar-refractivity contribution in [3.63, 3.8) is 0 Å². The molecule has 29 heavy (non-hydrogen) atoms. The molecule has 152 valence electrons. The van der Waals surface area contributed by atoms with E-state index in [1.807, 2.05) is 35.8 Å². The van der Waals surface area contributed by atoms with E-state index in [2.05, 4.69) is 42.9 Å². The molecule has 6 heteroatoms. The first-order chi connectivity index (χ1) is 13.9. The van der Waals surface area contributed by atoms with E-state index in [1.54, 1.807) is 23.5 Å². The summed E-state index contributed by atoms with van der Waals surface area (Å²) in [5.74, 6) is 0. The van der Waals surface area contributed by atoms with Gasteiger partial charge in [-0.1, -0.05) is 29.8 Å². The zero-order chi connectivity index (χ0) is 21.0. The monoisotopic (exact) mass is 427 g/mol. The lowest BCUT2D eigenvalue weighted by Crippen LogP contribution is -2.14. The molecule has 2 aromatic carbocycles. The first kappa shape index (κ1) is 21.5. The average Bonchev–Trinajstić information content (AvgIpc) is 3.17. The number of aliphatic imine (C=N–C) groups is 1. The van der Waals surface area contributed by atoms with Gasteiger partial charge in [0, 0.05) is 30.4 Å². The van der Waals surface area contributed by atoms with Gasteiger partial charge in [0.2, 0.25) is 0 Å². The van der Waals surface area contributed by atoms with Crippen LogP contribution in [-0.4, -0.2) is 34.9 Å². The maximum atomic E-state index is 10.6. The zero-order valence-electron chi connectivity index (χ0n) is 17.2. The summed E-state index contributed by atoms with van der Waals surface area (Å²) in [6.45, 7) is 7.21. The Morgan fingerprint density at radius 3 is 2.62 bits per heavy atom. The van der Waals surface area contributed by atoms with E-state index in [0.717, 1.165) is 34.8 Å². The topological polar surface area (TPSA) is 48.7 Å². The zero-order valence-corrected chi connectivity index (χ0v) is 18.8. The fourth-order valence-corrected chi connectivity index (χ4v) is 3.90. The first-order valence-electron chi connectivity index (χ1n) is 9.59. The van der Waals surface area contributed by atoms with Gasteiger partial charge in [0.25, 0.3) is 0 Å². The van der Waals surface area contributed by atoms with E-state index in [1.165, 1.54) is 11.1 Å². The van der Waals surface area contributed by atoms with Crippen molar-refractivity contribution in [3.8, 4) is 0 Å². The molecule has 4 nitrogen and oxygen atoms in total. The number of rotatable bonds is 7. The number of nitrogens with zero attached hydrogens (tertiary/aromatic N) is 3. The third-order valence-corrected chi connectivity index (χ3v) is 6.04. The average molecular weight is 428 g/mol. The number of halogens is 1. The molecule has 0 radical (unpaired) electrons. The highest BCUT2D eigenvalue weighted by molar-refractivity contribution is 7.09. The van der Waals surface area contributed by atoms with Crippen LogP contribution >= 0.6 is 22.9 Å². The Hall–Kier alpha value is -2.21. The molecule has 1 heterocycles. The van der Waals surface area contributed by atoms with E-state index >= 15 is 0 Å². The number of aliphatic hydroxyl groups is 1. The van der Waals surface area contributed by atoms with Crippen LogP contribution in [-0.2, 0) is 6.42 Å². The summed E-state index contributed by atoms with van der Waals surface area (Å²) in [5.41, 5.74) is 6.01.